The van der Waals surface area contributed by atoms with E-state index in [1.54, 1.807) is 0 Å². The highest BCUT2D eigenvalue weighted by Gasteiger charge is 2.16. The maximum Gasteiger partial charge on any atom is 0.222 e. The van der Waals surface area contributed by atoms with E-state index in [2.05, 4.69) is 6.92 Å². The van der Waals surface area contributed by atoms with Crippen LogP contribution in [-0.2, 0) is 4.79 Å². The second-order valence-corrected chi connectivity index (χ2v) is 4.25. The lowest BCUT2D eigenvalue weighted by molar-refractivity contribution is -0.130. The van der Waals surface area contributed by atoms with Crippen LogP contribution < -0.4 is 0 Å². The Morgan fingerprint density at radius 2 is 1.71 bits per heavy atom. The molecule has 0 aromatic rings. The smallest absolute Gasteiger partial charge is 0.222 e. The average Bonchev–Trinajstić information content (AvgIpc) is 2.70. The summed E-state index contributed by atoms with van der Waals surface area (Å²) in [4.78, 5) is 13.6. The SMILES string of the molecule is CCCCCCCC(=O)N1CCCC1. The summed E-state index contributed by atoms with van der Waals surface area (Å²) >= 11 is 0. The molecule has 0 saturated carbocycles. The molecule has 82 valence electrons. The van der Waals surface area contributed by atoms with Crippen molar-refractivity contribution in [3.05, 3.63) is 0 Å². The molecule has 1 aliphatic rings. The molecule has 2 nitrogen and oxygen atoms in total. The van der Waals surface area contributed by atoms with Crippen molar-refractivity contribution >= 4 is 5.91 Å². The highest BCUT2D eigenvalue weighted by molar-refractivity contribution is 5.76. The van der Waals surface area contributed by atoms with Gasteiger partial charge in [0.2, 0.25) is 5.91 Å². The third kappa shape index (κ3) is 4.12. The minimum atomic E-state index is 0.388. The number of rotatable bonds is 6. The van der Waals surface area contributed by atoms with E-state index < -0.39 is 0 Å². The van der Waals surface area contributed by atoms with Crippen molar-refractivity contribution in [2.45, 2.75) is 58.3 Å². The van der Waals surface area contributed by atoms with Crippen molar-refractivity contribution in [3.8, 4) is 0 Å². The van der Waals surface area contributed by atoms with Crippen LogP contribution in [0.3, 0.4) is 0 Å². The van der Waals surface area contributed by atoms with E-state index in [-0.39, 0.29) is 0 Å². The first kappa shape index (κ1) is 11.5. The van der Waals surface area contributed by atoms with Gasteiger partial charge in [0.05, 0.1) is 0 Å². The molecule has 1 heterocycles. The fourth-order valence-electron chi connectivity index (χ4n) is 2.00. The zero-order valence-corrected chi connectivity index (χ0v) is 9.43. The van der Waals surface area contributed by atoms with E-state index >= 15 is 0 Å². The predicted molar refractivity (Wildman–Crippen MR) is 59.2 cm³/mol. The summed E-state index contributed by atoms with van der Waals surface area (Å²) in [5.74, 6) is 0.388. The summed E-state index contributed by atoms with van der Waals surface area (Å²) in [6, 6.07) is 0. The molecule has 2 heteroatoms. The third-order valence-electron chi connectivity index (χ3n) is 2.95. The standard InChI is InChI=1S/C12H23NO/c1-2-3-4-5-6-9-12(14)13-10-7-8-11-13/h2-11H2,1H3. The molecule has 14 heavy (non-hydrogen) atoms. The summed E-state index contributed by atoms with van der Waals surface area (Å²) in [7, 11) is 0. The van der Waals surface area contributed by atoms with Gasteiger partial charge in [-0.15, -0.1) is 0 Å². The van der Waals surface area contributed by atoms with E-state index in [1.807, 2.05) is 4.90 Å². The van der Waals surface area contributed by atoms with Gasteiger partial charge in [0, 0.05) is 19.5 Å². The lowest BCUT2D eigenvalue weighted by Gasteiger charge is -2.14. The van der Waals surface area contributed by atoms with Crippen molar-refractivity contribution in [1.29, 1.82) is 0 Å². The Kier molecular flexibility index (Phi) is 5.65. The van der Waals surface area contributed by atoms with E-state index in [1.165, 1.54) is 38.5 Å². The van der Waals surface area contributed by atoms with Crippen LogP contribution in [-0.4, -0.2) is 23.9 Å². The minimum Gasteiger partial charge on any atom is -0.343 e. The molecule has 1 fully saturated rings. The van der Waals surface area contributed by atoms with Crippen LogP contribution in [0.2, 0.25) is 0 Å². The molecule has 0 aliphatic carbocycles. The fraction of sp³-hybridized carbons (Fsp3) is 0.917. The summed E-state index contributed by atoms with van der Waals surface area (Å²) in [6.45, 7) is 4.23. The molecule has 0 aromatic heterocycles. The van der Waals surface area contributed by atoms with Gasteiger partial charge in [-0.2, -0.15) is 0 Å². The van der Waals surface area contributed by atoms with E-state index in [0.29, 0.717) is 5.91 Å². The minimum absolute atomic E-state index is 0.388. The van der Waals surface area contributed by atoms with Crippen molar-refractivity contribution < 1.29 is 4.79 Å². The van der Waals surface area contributed by atoms with Gasteiger partial charge in [0.25, 0.3) is 0 Å². The quantitative estimate of drug-likeness (QED) is 0.599. The van der Waals surface area contributed by atoms with Crippen molar-refractivity contribution in [1.82, 2.24) is 4.90 Å². The molecule has 0 aromatic carbocycles. The van der Waals surface area contributed by atoms with E-state index in [9.17, 15) is 4.79 Å². The molecule has 0 bridgehead atoms. The lowest BCUT2D eigenvalue weighted by atomic mass is 10.1. The Morgan fingerprint density at radius 1 is 1.07 bits per heavy atom. The summed E-state index contributed by atoms with van der Waals surface area (Å²) < 4.78 is 0. The molecular formula is C12H23NO. The fourth-order valence-corrected chi connectivity index (χ4v) is 2.00. The second kappa shape index (κ2) is 6.86. The number of amides is 1. The number of likely N-dealkylation sites (tertiary alicyclic amines) is 1. The molecule has 1 amide bonds. The van der Waals surface area contributed by atoms with Gasteiger partial charge in [0.1, 0.15) is 0 Å². The Balaban J connectivity index is 1.97. The van der Waals surface area contributed by atoms with Crippen LogP contribution in [0.4, 0.5) is 0 Å². The Bertz CT molecular complexity index is 162. The van der Waals surface area contributed by atoms with Crippen LogP contribution >= 0.6 is 0 Å². The zero-order valence-electron chi connectivity index (χ0n) is 9.43. The van der Waals surface area contributed by atoms with Gasteiger partial charge in [-0.3, -0.25) is 4.79 Å². The summed E-state index contributed by atoms with van der Waals surface area (Å²) in [5, 5.41) is 0. The average molecular weight is 197 g/mol. The number of hydrogen-bond donors (Lipinski definition) is 0. The van der Waals surface area contributed by atoms with Crippen LogP contribution in [0.5, 0.6) is 0 Å². The second-order valence-electron chi connectivity index (χ2n) is 4.25. The topological polar surface area (TPSA) is 20.3 Å². The summed E-state index contributed by atoms with van der Waals surface area (Å²) in [5.41, 5.74) is 0. The lowest BCUT2D eigenvalue weighted by Crippen LogP contribution is -2.27. The maximum atomic E-state index is 11.6. The first-order valence-electron chi connectivity index (χ1n) is 6.12. The summed E-state index contributed by atoms with van der Waals surface area (Å²) in [6.07, 6.45) is 9.41. The molecule has 0 radical (unpaired) electrons. The van der Waals surface area contributed by atoms with Gasteiger partial charge in [-0.1, -0.05) is 32.6 Å². The third-order valence-corrected chi connectivity index (χ3v) is 2.95. The largest absolute Gasteiger partial charge is 0.343 e. The molecule has 1 aliphatic heterocycles. The highest BCUT2D eigenvalue weighted by Crippen LogP contribution is 2.11. The Hall–Kier alpha value is -0.530. The molecule has 0 N–H and O–H groups in total. The normalized spacial score (nSPS) is 16.2. The first-order valence-corrected chi connectivity index (χ1v) is 6.12. The molecular weight excluding hydrogens is 174 g/mol. The molecule has 0 spiro atoms. The zero-order chi connectivity index (χ0) is 10.2. The maximum absolute atomic E-state index is 11.6. The van der Waals surface area contributed by atoms with E-state index in [0.717, 1.165) is 25.9 Å². The van der Waals surface area contributed by atoms with Crippen molar-refractivity contribution in [3.63, 3.8) is 0 Å². The van der Waals surface area contributed by atoms with Crippen molar-refractivity contribution in [2.75, 3.05) is 13.1 Å². The molecule has 0 unspecified atom stereocenters. The molecule has 0 atom stereocenters. The van der Waals surface area contributed by atoms with Gasteiger partial charge in [0.15, 0.2) is 0 Å². The number of unbranched alkanes of at least 4 members (excludes halogenated alkanes) is 4. The van der Waals surface area contributed by atoms with Gasteiger partial charge in [-0.25, -0.2) is 0 Å². The number of carbonyl (C=O) groups excluding carboxylic acids is 1. The van der Waals surface area contributed by atoms with Crippen LogP contribution in [0.15, 0.2) is 0 Å². The van der Waals surface area contributed by atoms with Gasteiger partial charge >= 0.3 is 0 Å². The molecule has 1 rings (SSSR count). The Morgan fingerprint density at radius 3 is 2.36 bits per heavy atom. The van der Waals surface area contributed by atoms with Crippen molar-refractivity contribution in [2.24, 2.45) is 0 Å². The monoisotopic (exact) mass is 197 g/mol. The van der Waals surface area contributed by atoms with E-state index in [4.69, 9.17) is 0 Å². The predicted octanol–water partition coefficient (Wildman–Crippen LogP) is 2.97. The van der Waals surface area contributed by atoms with Crippen LogP contribution in [0.1, 0.15) is 58.3 Å². The highest BCUT2D eigenvalue weighted by atomic mass is 16.2. The number of hydrogen-bond acceptors (Lipinski definition) is 1. The first-order chi connectivity index (χ1) is 6.84. The van der Waals surface area contributed by atoms with Gasteiger partial charge in [-0.05, 0) is 19.3 Å². The number of nitrogens with zero attached hydrogens (tertiary/aromatic N) is 1. The van der Waals surface area contributed by atoms with Crippen LogP contribution in [0, 0.1) is 0 Å². The van der Waals surface area contributed by atoms with Crippen LogP contribution in [0.25, 0.3) is 0 Å². The molecule has 1 saturated heterocycles. The number of carbonyl (C=O) groups is 1. The van der Waals surface area contributed by atoms with Gasteiger partial charge < -0.3 is 4.90 Å². The Labute approximate surface area is 87.7 Å².